The monoisotopic (exact) mass is 415 g/mol. The summed E-state index contributed by atoms with van der Waals surface area (Å²) in [5, 5.41) is 12.5. The van der Waals surface area contributed by atoms with Crippen LogP contribution < -0.4 is 4.90 Å². The minimum atomic E-state index is -0.00272. The molecule has 7 heteroatoms. The number of benzene rings is 3. The number of aryl methyl sites for hydroxylation is 1. The number of anilines is 1. The van der Waals surface area contributed by atoms with Crippen LogP contribution in [0.1, 0.15) is 11.1 Å². The maximum atomic E-state index is 13.2. The summed E-state index contributed by atoms with van der Waals surface area (Å²) in [5.41, 5.74) is 3.93. The highest BCUT2D eigenvalue weighted by atomic mass is 32.2. The number of aromatic nitrogens is 4. The van der Waals surface area contributed by atoms with Gasteiger partial charge in [0.1, 0.15) is 0 Å². The molecule has 150 valence electrons. The third-order valence-corrected chi connectivity index (χ3v) is 5.47. The van der Waals surface area contributed by atoms with Crippen LogP contribution in [-0.2, 0) is 11.3 Å². The lowest BCUT2D eigenvalue weighted by atomic mass is 10.1. The molecule has 1 aromatic heterocycles. The van der Waals surface area contributed by atoms with Crippen LogP contribution in [0.5, 0.6) is 0 Å². The Balaban J connectivity index is 1.54. The average molecular weight is 416 g/mol. The van der Waals surface area contributed by atoms with Crippen molar-refractivity contribution in [1.29, 1.82) is 0 Å². The zero-order valence-electron chi connectivity index (χ0n) is 16.5. The Kier molecular flexibility index (Phi) is 6.20. The van der Waals surface area contributed by atoms with Gasteiger partial charge in [0.05, 0.1) is 18.0 Å². The zero-order valence-corrected chi connectivity index (χ0v) is 17.4. The van der Waals surface area contributed by atoms with Crippen molar-refractivity contribution in [2.75, 3.05) is 10.7 Å². The Morgan fingerprint density at radius 1 is 0.967 bits per heavy atom. The van der Waals surface area contributed by atoms with E-state index in [2.05, 4.69) is 15.5 Å². The molecule has 0 aliphatic rings. The smallest absolute Gasteiger partial charge is 0.237 e. The first-order valence-corrected chi connectivity index (χ1v) is 10.6. The Morgan fingerprint density at radius 3 is 2.43 bits per heavy atom. The van der Waals surface area contributed by atoms with E-state index in [1.54, 1.807) is 4.68 Å². The van der Waals surface area contributed by atoms with Crippen molar-refractivity contribution in [3.05, 3.63) is 96.1 Å². The molecular weight excluding hydrogens is 394 g/mol. The summed E-state index contributed by atoms with van der Waals surface area (Å²) >= 11 is 1.33. The number of hydrogen-bond acceptors (Lipinski definition) is 5. The fourth-order valence-electron chi connectivity index (χ4n) is 3.09. The van der Waals surface area contributed by atoms with Crippen molar-refractivity contribution in [2.24, 2.45) is 0 Å². The van der Waals surface area contributed by atoms with E-state index in [1.807, 2.05) is 96.8 Å². The van der Waals surface area contributed by atoms with Crippen LogP contribution in [0.15, 0.2) is 90.1 Å². The van der Waals surface area contributed by atoms with Gasteiger partial charge in [-0.25, -0.2) is 0 Å². The number of tetrazole rings is 1. The fourth-order valence-corrected chi connectivity index (χ4v) is 3.86. The molecule has 0 radical (unpaired) electrons. The highest BCUT2D eigenvalue weighted by molar-refractivity contribution is 7.99. The second kappa shape index (κ2) is 9.37. The summed E-state index contributed by atoms with van der Waals surface area (Å²) < 4.78 is 1.64. The molecule has 30 heavy (non-hydrogen) atoms. The number of nitrogens with zero attached hydrogens (tertiary/aromatic N) is 5. The molecule has 0 N–H and O–H groups in total. The third-order valence-electron chi connectivity index (χ3n) is 4.56. The minimum absolute atomic E-state index is 0.00272. The van der Waals surface area contributed by atoms with Gasteiger partial charge in [-0.2, -0.15) is 4.68 Å². The van der Waals surface area contributed by atoms with Crippen LogP contribution >= 0.6 is 11.8 Å². The molecule has 0 fully saturated rings. The molecule has 1 heterocycles. The van der Waals surface area contributed by atoms with Gasteiger partial charge in [-0.3, -0.25) is 4.79 Å². The molecule has 3 aromatic carbocycles. The summed E-state index contributed by atoms with van der Waals surface area (Å²) in [7, 11) is 0. The Hall–Kier alpha value is -3.45. The van der Waals surface area contributed by atoms with Crippen LogP contribution in [0.3, 0.4) is 0 Å². The molecule has 4 rings (SSSR count). The molecule has 0 saturated heterocycles. The number of rotatable bonds is 7. The van der Waals surface area contributed by atoms with Crippen LogP contribution in [-0.4, -0.2) is 31.9 Å². The second-order valence-corrected chi connectivity index (χ2v) is 7.74. The van der Waals surface area contributed by atoms with E-state index in [-0.39, 0.29) is 11.7 Å². The van der Waals surface area contributed by atoms with Crippen molar-refractivity contribution in [1.82, 2.24) is 20.2 Å². The third kappa shape index (κ3) is 4.75. The molecule has 0 saturated carbocycles. The lowest BCUT2D eigenvalue weighted by Gasteiger charge is -2.23. The molecule has 0 atom stereocenters. The van der Waals surface area contributed by atoms with E-state index in [4.69, 9.17) is 0 Å². The highest BCUT2D eigenvalue weighted by Crippen LogP contribution is 2.23. The molecule has 0 aliphatic carbocycles. The topological polar surface area (TPSA) is 63.9 Å². The number of thioether (sulfide) groups is 1. The summed E-state index contributed by atoms with van der Waals surface area (Å²) in [4.78, 5) is 15.0. The van der Waals surface area contributed by atoms with Crippen LogP contribution in [0.25, 0.3) is 5.69 Å². The number of hydrogen-bond donors (Lipinski definition) is 0. The number of carbonyl (C=O) groups is 1. The van der Waals surface area contributed by atoms with Gasteiger partial charge in [-0.05, 0) is 52.7 Å². The fraction of sp³-hybridized carbons (Fsp3) is 0.130. The van der Waals surface area contributed by atoms with Gasteiger partial charge in [0.2, 0.25) is 11.1 Å². The predicted molar refractivity (Wildman–Crippen MR) is 119 cm³/mol. The first-order chi connectivity index (χ1) is 14.7. The van der Waals surface area contributed by atoms with Crippen LogP contribution in [0.4, 0.5) is 5.69 Å². The lowest BCUT2D eigenvalue weighted by Crippen LogP contribution is -2.32. The van der Waals surface area contributed by atoms with Crippen LogP contribution in [0.2, 0.25) is 0 Å². The number of carbonyl (C=O) groups excluding carboxylic acids is 1. The van der Waals surface area contributed by atoms with Crippen molar-refractivity contribution < 1.29 is 4.79 Å². The van der Waals surface area contributed by atoms with Gasteiger partial charge in [-0.1, -0.05) is 72.4 Å². The van der Waals surface area contributed by atoms with Crippen molar-refractivity contribution in [3.8, 4) is 5.69 Å². The maximum Gasteiger partial charge on any atom is 0.237 e. The average Bonchev–Trinajstić information content (AvgIpc) is 3.26. The van der Waals surface area contributed by atoms with Crippen molar-refractivity contribution in [2.45, 2.75) is 18.6 Å². The van der Waals surface area contributed by atoms with Gasteiger partial charge in [0, 0.05) is 5.69 Å². The maximum absolute atomic E-state index is 13.2. The number of amides is 1. The standard InChI is InChI=1S/C23H21N5OS/c1-18-9-8-14-21(15-18)27(16-19-10-4-2-5-11-19)22(29)17-30-23-24-25-26-28(23)20-12-6-3-7-13-20/h2-15H,16-17H2,1H3. The molecular formula is C23H21N5OS. The van der Waals surface area contributed by atoms with Crippen molar-refractivity contribution >= 4 is 23.4 Å². The quantitative estimate of drug-likeness (QED) is 0.421. The SMILES string of the molecule is Cc1cccc(N(Cc2ccccc2)C(=O)CSc2nnnn2-c2ccccc2)c1. The van der Waals surface area contributed by atoms with E-state index < -0.39 is 0 Å². The van der Waals surface area contributed by atoms with E-state index in [0.29, 0.717) is 11.7 Å². The van der Waals surface area contributed by atoms with Gasteiger partial charge >= 0.3 is 0 Å². The Bertz CT molecular complexity index is 1110. The first-order valence-electron chi connectivity index (χ1n) is 9.58. The lowest BCUT2D eigenvalue weighted by molar-refractivity contribution is -0.116. The summed E-state index contributed by atoms with van der Waals surface area (Å²) in [5.74, 6) is 0.227. The van der Waals surface area contributed by atoms with Gasteiger partial charge in [-0.15, -0.1) is 5.10 Å². The molecule has 4 aromatic rings. The highest BCUT2D eigenvalue weighted by Gasteiger charge is 2.19. The second-order valence-electron chi connectivity index (χ2n) is 6.80. The van der Waals surface area contributed by atoms with E-state index >= 15 is 0 Å². The summed E-state index contributed by atoms with van der Waals surface area (Å²) in [6.07, 6.45) is 0. The van der Waals surface area contributed by atoms with Gasteiger partial charge in [0.25, 0.3) is 0 Å². The summed E-state index contributed by atoms with van der Waals surface area (Å²) in [6, 6.07) is 27.6. The molecule has 0 spiro atoms. The largest absolute Gasteiger partial charge is 0.307 e. The zero-order chi connectivity index (χ0) is 20.8. The molecule has 0 aliphatic heterocycles. The molecule has 1 amide bonds. The predicted octanol–water partition coefficient (Wildman–Crippen LogP) is 4.30. The minimum Gasteiger partial charge on any atom is -0.307 e. The first kappa shape index (κ1) is 19.8. The van der Waals surface area contributed by atoms with Gasteiger partial charge < -0.3 is 4.90 Å². The van der Waals surface area contributed by atoms with Crippen LogP contribution in [0, 0.1) is 6.92 Å². The normalized spacial score (nSPS) is 10.7. The molecule has 0 unspecified atom stereocenters. The van der Waals surface area contributed by atoms with Gasteiger partial charge in [0.15, 0.2) is 0 Å². The van der Waals surface area contributed by atoms with E-state index in [0.717, 1.165) is 22.5 Å². The molecule has 6 nitrogen and oxygen atoms in total. The molecule has 0 bridgehead atoms. The van der Waals surface area contributed by atoms with E-state index in [1.165, 1.54) is 11.8 Å². The Morgan fingerprint density at radius 2 is 1.70 bits per heavy atom. The summed E-state index contributed by atoms with van der Waals surface area (Å²) in [6.45, 7) is 2.53. The van der Waals surface area contributed by atoms with Crippen molar-refractivity contribution in [3.63, 3.8) is 0 Å². The van der Waals surface area contributed by atoms with E-state index in [9.17, 15) is 4.79 Å². The Labute approximate surface area is 179 Å². The number of para-hydroxylation sites is 1.